The highest BCUT2D eigenvalue weighted by atomic mass is 16.2. The molecule has 0 N–H and O–H groups in total. The maximum Gasteiger partial charge on any atom is 0.235 e. The molecular weight excluding hydrogens is 160 g/mol. The number of imide groups is 1. The van der Waals surface area contributed by atoms with E-state index >= 15 is 0 Å². The van der Waals surface area contributed by atoms with Gasteiger partial charge in [-0.3, -0.25) is 14.5 Å². The van der Waals surface area contributed by atoms with Gasteiger partial charge in [-0.1, -0.05) is 0 Å². The smallest absolute Gasteiger partial charge is 0.235 e. The Labute approximate surface area is 69.1 Å². The molecule has 1 aliphatic heterocycles. The van der Waals surface area contributed by atoms with Crippen LogP contribution < -0.4 is 0 Å². The van der Waals surface area contributed by atoms with Crippen molar-refractivity contribution >= 4 is 17.9 Å². The molecular formula is C7H8N2O3. The van der Waals surface area contributed by atoms with Crippen molar-refractivity contribution in [2.24, 2.45) is 4.99 Å². The Morgan fingerprint density at radius 1 is 1.33 bits per heavy atom. The first kappa shape index (κ1) is 8.62. The van der Waals surface area contributed by atoms with Crippen LogP contribution in [-0.4, -0.2) is 35.9 Å². The molecule has 0 aliphatic carbocycles. The Kier molecular flexibility index (Phi) is 2.71. The third-order valence-corrected chi connectivity index (χ3v) is 1.65. The highest BCUT2D eigenvalue weighted by Gasteiger charge is 2.27. The second-order valence-corrected chi connectivity index (χ2v) is 2.41. The second-order valence-electron chi connectivity index (χ2n) is 2.41. The van der Waals surface area contributed by atoms with E-state index in [4.69, 9.17) is 0 Å². The minimum Gasteiger partial charge on any atom is -0.281 e. The summed E-state index contributed by atoms with van der Waals surface area (Å²) < 4.78 is 0. The minimum atomic E-state index is -0.180. The molecule has 0 bridgehead atoms. The van der Waals surface area contributed by atoms with Crippen molar-refractivity contribution in [1.29, 1.82) is 0 Å². The average Bonchev–Trinajstić information content (AvgIpc) is 2.35. The number of nitrogens with zero attached hydrogens (tertiary/aromatic N) is 2. The van der Waals surface area contributed by atoms with Crippen LogP contribution >= 0.6 is 0 Å². The Hall–Kier alpha value is -1.48. The van der Waals surface area contributed by atoms with Gasteiger partial charge < -0.3 is 0 Å². The van der Waals surface area contributed by atoms with E-state index in [1.807, 2.05) is 0 Å². The Morgan fingerprint density at radius 3 is 2.42 bits per heavy atom. The van der Waals surface area contributed by atoms with Crippen LogP contribution in [-0.2, 0) is 14.4 Å². The van der Waals surface area contributed by atoms with E-state index in [-0.39, 0.29) is 37.7 Å². The highest BCUT2D eigenvalue weighted by molar-refractivity contribution is 6.01. The minimum absolute atomic E-state index is 0.154. The van der Waals surface area contributed by atoms with Crippen molar-refractivity contribution in [2.75, 3.05) is 13.1 Å². The van der Waals surface area contributed by atoms with Crippen LogP contribution in [0.15, 0.2) is 4.99 Å². The zero-order chi connectivity index (χ0) is 8.97. The summed E-state index contributed by atoms with van der Waals surface area (Å²) in [5, 5.41) is 0. The van der Waals surface area contributed by atoms with Gasteiger partial charge in [0.05, 0.1) is 6.54 Å². The van der Waals surface area contributed by atoms with E-state index in [2.05, 4.69) is 4.99 Å². The number of isocyanates is 1. The average molecular weight is 168 g/mol. The highest BCUT2D eigenvalue weighted by Crippen LogP contribution is 2.10. The van der Waals surface area contributed by atoms with E-state index in [1.165, 1.54) is 6.08 Å². The molecule has 5 heteroatoms. The molecule has 5 nitrogen and oxygen atoms in total. The van der Waals surface area contributed by atoms with Gasteiger partial charge in [-0.15, -0.1) is 0 Å². The number of carbonyl (C=O) groups is 2. The predicted molar refractivity (Wildman–Crippen MR) is 38.9 cm³/mol. The molecule has 0 radical (unpaired) electrons. The van der Waals surface area contributed by atoms with Crippen LogP contribution in [0.2, 0.25) is 0 Å². The number of hydrogen-bond donors (Lipinski definition) is 0. The molecule has 64 valence electrons. The van der Waals surface area contributed by atoms with Gasteiger partial charge in [-0.25, -0.2) is 9.79 Å². The number of amides is 2. The number of likely N-dealkylation sites (tertiary alicyclic amines) is 1. The number of rotatable bonds is 3. The van der Waals surface area contributed by atoms with Crippen LogP contribution in [0.25, 0.3) is 0 Å². The molecule has 0 aromatic heterocycles. The SMILES string of the molecule is O=C=NCCN1C(=O)CCC1=O. The third kappa shape index (κ3) is 1.77. The van der Waals surface area contributed by atoms with Gasteiger partial charge >= 0.3 is 0 Å². The molecule has 0 spiro atoms. The Bertz CT molecular complexity index is 239. The lowest BCUT2D eigenvalue weighted by Crippen LogP contribution is -2.31. The maximum atomic E-state index is 10.9. The van der Waals surface area contributed by atoms with Gasteiger partial charge in [0.1, 0.15) is 0 Å². The first-order chi connectivity index (χ1) is 5.75. The standard InChI is InChI=1S/C7H8N2O3/c10-5-8-3-4-9-6(11)1-2-7(9)12/h1-4H2. The van der Waals surface area contributed by atoms with E-state index < -0.39 is 0 Å². The normalized spacial score (nSPS) is 16.5. The van der Waals surface area contributed by atoms with Crippen molar-refractivity contribution < 1.29 is 14.4 Å². The van der Waals surface area contributed by atoms with Crippen molar-refractivity contribution in [1.82, 2.24) is 4.90 Å². The largest absolute Gasteiger partial charge is 0.281 e. The molecule has 0 aromatic carbocycles. The zero-order valence-corrected chi connectivity index (χ0v) is 6.45. The fourth-order valence-electron chi connectivity index (χ4n) is 1.07. The molecule has 1 heterocycles. The molecule has 0 saturated carbocycles. The van der Waals surface area contributed by atoms with E-state index in [0.717, 1.165) is 4.90 Å². The van der Waals surface area contributed by atoms with E-state index in [0.29, 0.717) is 0 Å². The Morgan fingerprint density at radius 2 is 1.92 bits per heavy atom. The van der Waals surface area contributed by atoms with Crippen LogP contribution in [0.5, 0.6) is 0 Å². The predicted octanol–water partition coefficient (Wildman–Crippen LogP) is -0.529. The molecule has 0 atom stereocenters. The fraction of sp³-hybridized carbons (Fsp3) is 0.571. The van der Waals surface area contributed by atoms with Gasteiger partial charge in [0, 0.05) is 19.4 Å². The Balaban J connectivity index is 2.44. The molecule has 1 saturated heterocycles. The summed E-state index contributed by atoms with van der Waals surface area (Å²) in [7, 11) is 0. The van der Waals surface area contributed by atoms with Crippen LogP contribution in [0, 0.1) is 0 Å². The first-order valence-corrected chi connectivity index (χ1v) is 3.62. The number of carbonyl (C=O) groups excluding carboxylic acids is 3. The fourth-order valence-corrected chi connectivity index (χ4v) is 1.07. The number of hydrogen-bond acceptors (Lipinski definition) is 4. The van der Waals surface area contributed by atoms with Crippen LogP contribution in [0.4, 0.5) is 0 Å². The molecule has 0 unspecified atom stereocenters. The van der Waals surface area contributed by atoms with Gasteiger partial charge in [0.25, 0.3) is 0 Å². The summed E-state index contributed by atoms with van der Waals surface area (Å²) in [6.45, 7) is 0.355. The van der Waals surface area contributed by atoms with Gasteiger partial charge in [0.2, 0.25) is 17.9 Å². The van der Waals surface area contributed by atoms with E-state index in [9.17, 15) is 14.4 Å². The summed E-state index contributed by atoms with van der Waals surface area (Å²) in [4.78, 5) is 35.9. The molecule has 1 rings (SSSR count). The van der Waals surface area contributed by atoms with Crippen molar-refractivity contribution in [2.45, 2.75) is 12.8 Å². The zero-order valence-electron chi connectivity index (χ0n) is 6.45. The van der Waals surface area contributed by atoms with Gasteiger partial charge in [0.15, 0.2) is 0 Å². The topological polar surface area (TPSA) is 66.8 Å². The molecule has 1 aliphatic rings. The van der Waals surface area contributed by atoms with Gasteiger partial charge in [-0.05, 0) is 0 Å². The van der Waals surface area contributed by atoms with Gasteiger partial charge in [-0.2, -0.15) is 0 Å². The van der Waals surface area contributed by atoms with Crippen molar-refractivity contribution in [3.8, 4) is 0 Å². The lowest BCUT2D eigenvalue weighted by atomic mass is 10.4. The summed E-state index contributed by atoms with van der Waals surface area (Å²) >= 11 is 0. The first-order valence-electron chi connectivity index (χ1n) is 3.62. The lowest BCUT2D eigenvalue weighted by molar-refractivity contribution is -0.138. The van der Waals surface area contributed by atoms with E-state index in [1.54, 1.807) is 0 Å². The van der Waals surface area contributed by atoms with Crippen molar-refractivity contribution in [3.63, 3.8) is 0 Å². The van der Waals surface area contributed by atoms with Crippen molar-refractivity contribution in [3.05, 3.63) is 0 Å². The molecule has 1 fully saturated rings. The number of aliphatic imine (C=N–C) groups is 1. The maximum absolute atomic E-state index is 10.9. The lowest BCUT2D eigenvalue weighted by Gasteiger charge is -2.10. The van der Waals surface area contributed by atoms with Crippen LogP contribution in [0.1, 0.15) is 12.8 Å². The second kappa shape index (κ2) is 3.78. The summed E-state index contributed by atoms with van der Waals surface area (Å²) in [6, 6.07) is 0. The third-order valence-electron chi connectivity index (χ3n) is 1.65. The monoisotopic (exact) mass is 168 g/mol. The molecule has 2 amide bonds. The molecule has 0 aromatic rings. The summed E-state index contributed by atoms with van der Waals surface area (Å²) in [6.07, 6.45) is 1.91. The van der Waals surface area contributed by atoms with Crippen LogP contribution in [0.3, 0.4) is 0 Å². The molecule has 12 heavy (non-hydrogen) atoms. The summed E-state index contributed by atoms with van der Waals surface area (Å²) in [5.74, 6) is -0.359. The quantitative estimate of drug-likeness (QED) is 0.323. The summed E-state index contributed by atoms with van der Waals surface area (Å²) in [5.41, 5.74) is 0.